The number of aliphatic hydroxyl groups excluding tert-OH is 1. The van der Waals surface area contributed by atoms with E-state index in [2.05, 4.69) is 63.2 Å². The largest absolute Gasteiger partial charge is 0.479 e. The Balaban J connectivity index is 0.000000808. The van der Waals surface area contributed by atoms with E-state index in [0.29, 0.717) is 12.2 Å². The van der Waals surface area contributed by atoms with Crippen LogP contribution in [0.1, 0.15) is 37.5 Å². The number of azide groups is 3. The molecular formula is C40H49F4N9O6. The number of hydrogen-bond donors (Lipinski definition) is 2. The van der Waals surface area contributed by atoms with Crippen molar-refractivity contribution in [2.45, 2.75) is 76.9 Å². The van der Waals surface area contributed by atoms with Crippen LogP contribution in [0.3, 0.4) is 0 Å². The van der Waals surface area contributed by atoms with Gasteiger partial charge in [-0.15, -0.1) is 13.2 Å². The second-order valence-electron chi connectivity index (χ2n) is 12.1. The Morgan fingerprint density at radius 3 is 1.46 bits per heavy atom. The fourth-order valence-corrected chi connectivity index (χ4v) is 4.00. The third kappa shape index (κ3) is 24.3. The molecule has 0 unspecified atom stereocenters. The Kier molecular flexibility index (Phi) is 27.7. The molecule has 59 heavy (non-hydrogen) atoms. The lowest BCUT2D eigenvalue weighted by atomic mass is 10.2. The molecule has 15 nitrogen and oxygen atoms in total. The van der Waals surface area contributed by atoms with E-state index in [4.69, 9.17) is 35.9 Å². The highest BCUT2D eigenvalue weighted by Crippen LogP contribution is 2.25. The molecular weight excluding hydrogens is 778 g/mol. The molecule has 19 heteroatoms. The number of carboxylic acids is 1. The van der Waals surface area contributed by atoms with Gasteiger partial charge in [0.25, 0.3) is 11.8 Å². The molecule has 318 valence electrons. The predicted molar refractivity (Wildman–Crippen MR) is 216 cm³/mol. The van der Waals surface area contributed by atoms with Crippen molar-refractivity contribution >= 4 is 5.97 Å². The molecule has 0 aromatic heterocycles. The Morgan fingerprint density at radius 2 is 1.10 bits per heavy atom. The van der Waals surface area contributed by atoms with Gasteiger partial charge in [0, 0.05) is 14.7 Å². The zero-order valence-electron chi connectivity index (χ0n) is 32.9. The summed E-state index contributed by atoms with van der Waals surface area (Å²) in [5.41, 5.74) is 27.9. The predicted octanol–water partition coefficient (Wildman–Crippen LogP) is 10.7. The van der Waals surface area contributed by atoms with Crippen LogP contribution in [0.15, 0.2) is 143 Å². The van der Waals surface area contributed by atoms with Crippen LogP contribution in [0, 0.1) is 0 Å². The van der Waals surface area contributed by atoms with Gasteiger partial charge >= 0.3 is 5.97 Å². The first-order valence-corrected chi connectivity index (χ1v) is 17.6. The summed E-state index contributed by atoms with van der Waals surface area (Å²) >= 11 is 0. The summed E-state index contributed by atoms with van der Waals surface area (Å²) in [5, 5.41) is 27.3. The molecule has 0 aliphatic heterocycles. The van der Waals surface area contributed by atoms with E-state index in [1.807, 2.05) is 43.3 Å². The van der Waals surface area contributed by atoms with Crippen LogP contribution >= 0.6 is 0 Å². The van der Waals surface area contributed by atoms with Gasteiger partial charge in [0.15, 0.2) is 0 Å². The van der Waals surface area contributed by atoms with E-state index < -0.39 is 55.3 Å². The lowest BCUT2D eigenvalue weighted by Gasteiger charge is -2.22. The SMILES string of the molecule is C=C[C@H](OCc1ccccc1)C(F)(F)CN=[N+]=[N-].C=C[C@H](OCc1ccccc1)[C@H](O)CN=[N+]=[N-].CC=C(C)C.[N-]=[N+]=NCC(F)(F)[C@@H](OCc1ccccc1)C(=O)O. The van der Waals surface area contributed by atoms with Gasteiger partial charge in [-0.1, -0.05) is 130 Å². The van der Waals surface area contributed by atoms with Crippen molar-refractivity contribution < 1.29 is 46.8 Å². The molecule has 0 bridgehead atoms. The standard InChI is InChI=1S/C12H13F2N3O.C12H15N3O2.C11H11F2N3O3.C5H10/c1-2-11(12(13,14)9-16-17-15)18-8-10-6-4-3-5-7-10;1-2-12(11(16)8-14-15-13)17-9-10-6-4-3-5-7-10;12-11(13,7-15-16-14)9(10(17)18)19-6-8-4-2-1-3-5-8;1-4-5(2)3/h2-7,11H,1,8-9H2;2-7,11-12,16H,1,8-9H2;1-5,9H,6-7H2,(H,17,18);4H,1-3H3/t11-;11-,12+;9-;/m010./s1. The molecule has 3 aromatic rings. The number of halogens is 4. The third-order valence-electron chi connectivity index (χ3n) is 7.27. The van der Waals surface area contributed by atoms with E-state index >= 15 is 0 Å². The van der Waals surface area contributed by atoms with E-state index in [1.54, 1.807) is 54.6 Å². The van der Waals surface area contributed by atoms with Gasteiger partial charge in [-0.05, 0) is 54.1 Å². The summed E-state index contributed by atoms with van der Waals surface area (Å²) in [7, 11) is 0. The second-order valence-corrected chi connectivity index (χ2v) is 12.1. The molecule has 0 heterocycles. The highest BCUT2D eigenvalue weighted by Gasteiger charge is 2.45. The van der Waals surface area contributed by atoms with Crippen molar-refractivity contribution in [3.05, 3.63) is 176 Å². The maximum atomic E-state index is 13.5. The van der Waals surface area contributed by atoms with Crippen molar-refractivity contribution in [1.82, 2.24) is 0 Å². The number of hydrogen-bond acceptors (Lipinski definition) is 8. The Labute approximate surface area is 340 Å². The summed E-state index contributed by atoms with van der Waals surface area (Å²) in [6.07, 6.45) is -0.662. The van der Waals surface area contributed by atoms with Crippen molar-refractivity contribution in [3.8, 4) is 0 Å². The van der Waals surface area contributed by atoms with Crippen LogP contribution in [-0.4, -0.2) is 72.1 Å². The van der Waals surface area contributed by atoms with Crippen LogP contribution < -0.4 is 0 Å². The summed E-state index contributed by atoms with van der Waals surface area (Å²) in [6.45, 7) is 11.0. The van der Waals surface area contributed by atoms with Gasteiger partial charge in [0.1, 0.15) is 12.2 Å². The van der Waals surface area contributed by atoms with Gasteiger partial charge in [-0.25, -0.2) is 22.4 Å². The molecule has 4 atom stereocenters. The average Bonchev–Trinajstić information content (AvgIpc) is 3.23. The molecule has 0 aliphatic carbocycles. The van der Waals surface area contributed by atoms with Gasteiger partial charge in [-0.2, -0.15) is 0 Å². The first-order valence-electron chi connectivity index (χ1n) is 17.6. The van der Waals surface area contributed by atoms with Crippen LogP contribution in [0.5, 0.6) is 0 Å². The second kappa shape index (κ2) is 30.9. The topological polar surface area (TPSA) is 232 Å². The van der Waals surface area contributed by atoms with Crippen LogP contribution in [0.4, 0.5) is 17.6 Å². The minimum atomic E-state index is -3.77. The summed E-state index contributed by atoms with van der Waals surface area (Å²) in [6, 6.07) is 26.9. The number of carbonyl (C=O) groups is 1. The number of benzene rings is 3. The number of aliphatic hydroxyl groups is 1. The quantitative estimate of drug-likeness (QED) is 0.0348. The zero-order chi connectivity index (χ0) is 44.5. The lowest BCUT2D eigenvalue weighted by Crippen LogP contribution is -2.44. The molecule has 0 amide bonds. The van der Waals surface area contributed by atoms with Crippen LogP contribution in [0.2, 0.25) is 0 Å². The molecule has 3 rings (SSSR count). The van der Waals surface area contributed by atoms with Crippen molar-refractivity contribution in [1.29, 1.82) is 0 Å². The van der Waals surface area contributed by atoms with Gasteiger partial charge < -0.3 is 24.4 Å². The molecule has 0 radical (unpaired) electrons. The minimum absolute atomic E-state index is 0.0258. The van der Waals surface area contributed by atoms with E-state index in [0.717, 1.165) is 17.2 Å². The first kappa shape index (κ1) is 52.8. The van der Waals surface area contributed by atoms with Gasteiger partial charge in [-0.3, -0.25) is 0 Å². The number of ether oxygens (including phenoxy) is 3. The Hall–Kier alpha value is -6.16. The van der Waals surface area contributed by atoms with Crippen molar-refractivity contribution in [2.24, 2.45) is 15.3 Å². The number of nitrogens with zero attached hydrogens (tertiary/aromatic N) is 9. The highest BCUT2D eigenvalue weighted by atomic mass is 19.3. The fourth-order valence-electron chi connectivity index (χ4n) is 4.00. The number of aliphatic carboxylic acids is 1. The van der Waals surface area contributed by atoms with Crippen LogP contribution in [-0.2, 0) is 38.8 Å². The molecule has 0 spiro atoms. The Bertz CT molecular complexity index is 1820. The van der Waals surface area contributed by atoms with Gasteiger partial charge in [0.2, 0.25) is 6.10 Å². The van der Waals surface area contributed by atoms with Gasteiger partial charge in [0.05, 0.1) is 45.6 Å². The molecule has 0 saturated heterocycles. The average molecular weight is 828 g/mol. The van der Waals surface area contributed by atoms with E-state index in [9.17, 15) is 27.5 Å². The monoisotopic (exact) mass is 827 g/mol. The zero-order valence-corrected chi connectivity index (χ0v) is 32.9. The summed E-state index contributed by atoms with van der Waals surface area (Å²) < 4.78 is 69.2. The van der Waals surface area contributed by atoms with Crippen molar-refractivity contribution in [3.63, 3.8) is 0 Å². The molecule has 2 N–H and O–H groups in total. The van der Waals surface area contributed by atoms with E-state index in [-0.39, 0.29) is 19.8 Å². The number of carboxylic acid groups (broad SMARTS) is 1. The minimum Gasteiger partial charge on any atom is -0.479 e. The molecule has 0 aliphatic rings. The number of allylic oxidation sites excluding steroid dienone is 2. The maximum Gasteiger partial charge on any atom is 0.339 e. The van der Waals surface area contributed by atoms with Crippen LogP contribution in [0.25, 0.3) is 31.3 Å². The summed E-state index contributed by atoms with van der Waals surface area (Å²) in [4.78, 5) is 17.9. The first-order chi connectivity index (χ1) is 28.1. The third-order valence-corrected chi connectivity index (χ3v) is 7.27. The fraction of sp³-hybridized carbons (Fsp3) is 0.375. The smallest absolute Gasteiger partial charge is 0.339 e. The number of rotatable bonds is 21. The lowest BCUT2D eigenvalue weighted by molar-refractivity contribution is -0.180. The van der Waals surface area contributed by atoms with E-state index in [1.165, 1.54) is 11.6 Å². The number of alkyl halides is 4. The Morgan fingerprint density at radius 1 is 0.712 bits per heavy atom. The molecule has 0 saturated carbocycles. The maximum absolute atomic E-state index is 13.5. The summed E-state index contributed by atoms with van der Waals surface area (Å²) in [5.74, 6) is -8.84. The molecule has 0 fully saturated rings. The van der Waals surface area contributed by atoms with Crippen molar-refractivity contribution in [2.75, 3.05) is 19.6 Å². The highest BCUT2D eigenvalue weighted by molar-refractivity contribution is 5.73. The normalized spacial score (nSPS) is 12.3. The molecule has 3 aromatic carbocycles.